The van der Waals surface area contributed by atoms with Crippen molar-refractivity contribution in [2.45, 2.75) is 9.79 Å². The van der Waals surface area contributed by atoms with Gasteiger partial charge in [-0.1, -0.05) is 12.1 Å². The van der Waals surface area contributed by atoms with Gasteiger partial charge in [0.2, 0.25) is 0 Å². The minimum absolute atomic E-state index is 0. The molecule has 0 radical (unpaired) electrons. The van der Waals surface area contributed by atoms with E-state index in [0.717, 1.165) is 12.1 Å². The normalized spacial score (nSPS) is 11.5. The number of phenolic OH excluding ortho intramolecular Hbond substituents is 1. The molecule has 0 fully saturated rings. The zero-order valence-electron chi connectivity index (χ0n) is 11.1. The zero-order chi connectivity index (χ0) is 14.4. The second kappa shape index (κ2) is 7.26. The number of hydrogen-bond donors (Lipinski definition) is 1. The van der Waals surface area contributed by atoms with Crippen LogP contribution in [-0.2, 0) is 20.2 Å². The van der Waals surface area contributed by atoms with E-state index in [4.69, 9.17) is 0 Å². The zero-order valence-corrected chi connectivity index (χ0v) is 16.7. The van der Waals surface area contributed by atoms with Crippen LogP contribution in [0.4, 0.5) is 0 Å². The second-order valence-electron chi connectivity index (χ2n) is 3.71. The molecule has 0 bridgehead atoms. The smallest absolute Gasteiger partial charge is 0.744 e. The molecule has 0 aliphatic heterocycles. The van der Waals surface area contributed by atoms with E-state index < -0.39 is 35.8 Å². The van der Waals surface area contributed by atoms with Crippen LogP contribution >= 0.6 is 0 Å². The fourth-order valence-corrected chi connectivity index (χ4v) is 2.95. The van der Waals surface area contributed by atoms with Crippen LogP contribution in [-0.4, -0.2) is 31.0 Å². The van der Waals surface area contributed by atoms with Gasteiger partial charge in [-0.2, -0.15) is 0 Å². The Kier molecular flexibility index (Phi) is 7.37. The summed E-state index contributed by atoms with van der Waals surface area (Å²) in [7, 11) is -9.82. The van der Waals surface area contributed by atoms with Crippen molar-refractivity contribution < 1.29 is 90.2 Å². The van der Waals surface area contributed by atoms with E-state index in [-0.39, 0.29) is 69.9 Å². The van der Waals surface area contributed by atoms with Crippen molar-refractivity contribution in [2.75, 3.05) is 0 Å². The Morgan fingerprint density at radius 1 is 0.857 bits per heavy atom. The van der Waals surface area contributed by atoms with Crippen LogP contribution in [0.15, 0.2) is 40.1 Å². The first-order valence-corrected chi connectivity index (χ1v) is 7.60. The quantitative estimate of drug-likeness (QED) is 0.422. The Balaban J connectivity index is 0.00000200. The van der Waals surface area contributed by atoms with E-state index in [2.05, 4.69) is 0 Å². The summed E-state index contributed by atoms with van der Waals surface area (Å²) in [5, 5.41) is 9.33. The van der Waals surface area contributed by atoms with Gasteiger partial charge in [0.05, 0.1) is 9.79 Å². The first-order valence-electron chi connectivity index (χ1n) is 4.78. The first kappa shape index (κ1) is 21.3. The van der Waals surface area contributed by atoms with Gasteiger partial charge >= 0.3 is 59.1 Å². The van der Waals surface area contributed by atoms with Gasteiger partial charge in [0.25, 0.3) is 0 Å². The molecule has 0 atom stereocenters. The molecule has 102 valence electrons. The summed E-state index contributed by atoms with van der Waals surface area (Å²) >= 11 is 0. The fraction of sp³-hybridized carbons (Fsp3) is 0. The van der Waals surface area contributed by atoms with Gasteiger partial charge in [-0.3, -0.25) is 0 Å². The van der Waals surface area contributed by atoms with Crippen molar-refractivity contribution in [3.05, 3.63) is 30.3 Å². The molecule has 2 rings (SSSR count). The van der Waals surface area contributed by atoms with Gasteiger partial charge in [-0.25, -0.2) is 16.8 Å². The van der Waals surface area contributed by atoms with Crippen LogP contribution in [0.25, 0.3) is 10.8 Å². The summed E-state index contributed by atoms with van der Waals surface area (Å²) in [4.78, 5) is -1.63. The van der Waals surface area contributed by atoms with Gasteiger partial charge < -0.3 is 14.2 Å². The van der Waals surface area contributed by atoms with Crippen LogP contribution in [0.1, 0.15) is 0 Å². The average Bonchev–Trinajstić information content (AvgIpc) is 2.24. The van der Waals surface area contributed by atoms with E-state index in [1.54, 1.807) is 0 Å². The number of benzene rings is 2. The maximum Gasteiger partial charge on any atom is 1.00 e. The number of aromatic hydroxyl groups is 1. The van der Waals surface area contributed by atoms with Crippen molar-refractivity contribution in [1.82, 2.24) is 0 Å². The fourth-order valence-electron chi connectivity index (χ4n) is 1.68. The van der Waals surface area contributed by atoms with E-state index in [9.17, 15) is 31.0 Å². The molecule has 21 heavy (non-hydrogen) atoms. The minimum atomic E-state index is -4.98. The van der Waals surface area contributed by atoms with Crippen molar-refractivity contribution in [3.8, 4) is 5.75 Å². The van der Waals surface area contributed by atoms with Crippen LogP contribution < -0.4 is 59.1 Å². The SMILES string of the molecule is O=S(=O)([O-])c1cc2c(S(=O)(=O)[O-])cccc2cc1O.[Na+].[Na+]. The molecule has 7 nitrogen and oxygen atoms in total. The molecule has 0 saturated heterocycles. The summed E-state index contributed by atoms with van der Waals surface area (Å²) in [6.45, 7) is 0. The molecule has 0 aromatic heterocycles. The summed E-state index contributed by atoms with van der Waals surface area (Å²) in [5.41, 5.74) is 0. The first-order chi connectivity index (χ1) is 8.60. The Bertz CT molecular complexity index is 876. The summed E-state index contributed by atoms with van der Waals surface area (Å²) in [5.74, 6) is -0.803. The predicted octanol–water partition coefficient (Wildman–Crippen LogP) is -5.64. The minimum Gasteiger partial charge on any atom is -0.744 e. The molecular formula is C10H6Na2O7S2. The molecule has 0 unspecified atom stereocenters. The summed E-state index contributed by atoms with van der Waals surface area (Å²) < 4.78 is 65.9. The monoisotopic (exact) mass is 348 g/mol. The van der Waals surface area contributed by atoms with Crippen molar-refractivity contribution in [1.29, 1.82) is 0 Å². The molecule has 11 heteroatoms. The van der Waals surface area contributed by atoms with E-state index in [0.29, 0.717) is 6.07 Å². The molecule has 2 aromatic carbocycles. The Morgan fingerprint density at radius 2 is 1.38 bits per heavy atom. The Labute approximate surface area is 165 Å². The molecule has 0 aliphatic rings. The molecule has 0 saturated carbocycles. The topological polar surface area (TPSA) is 135 Å². The van der Waals surface area contributed by atoms with Gasteiger partial charge in [0.1, 0.15) is 26.0 Å². The number of rotatable bonds is 2. The maximum absolute atomic E-state index is 11.0. The van der Waals surface area contributed by atoms with Crippen molar-refractivity contribution in [3.63, 3.8) is 0 Å². The van der Waals surface area contributed by atoms with Gasteiger partial charge in [0, 0.05) is 5.39 Å². The van der Waals surface area contributed by atoms with Gasteiger partial charge in [-0.05, 0) is 23.6 Å². The Hall–Kier alpha value is 0.320. The molecule has 0 amide bonds. The third kappa shape index (κ3) is 4.64. The molecule has 0 aliphatic carbocycles. The van der Waals surface area contributed by atoms with Gasteiger partial charge in [0.15, 0.2) is 0 Å². The molecule has 1 N–H and O–H groups in total. The Morgan fingerprint density at radius 3 is 1.86 bits per heavy atom. The number of fused-ring (bicyclic) bond motifs is 1. The average molecular weight is 348 g/mol. The van der Waals surface area contributed by atoms with Crippen LogP contribution in [0, 0.1) is 0 Å². The van der Waals surface area contributed by atoms with Crippen molar-refractivity contribution in [2.24, 2.45) is 0 Å². The predicted molar refractivity (Wildman–Crippen MR) is 61.5 cm³/mol. The summed E-state index contributed by atoms with van der Waals surface area (Å²) in [6, 6.07) is 5.21. The molecule has 0 heterocycles. The third-order valence-corrected chi connectivity index (χ3v) is 4.22. The van der Waals surface area contributed by atoms with Crippen LogP contribution in [0.5, 0.6) is 5.75 Å². The van der Waals surface area contributed by atoms with Gasteiger partial charge in [-0.15, -0.1) is 0 Å². The largest absolute Gasteiger partial charge is 1.00 e. The number of hydrogen-bond acceptors (Lipinski definition) is 7. The molecular weight excluding hydrogens is 342 g/mol. The van der Waals surface area contributed by atoms with E-state index in [1.807, 2.05) is 0 Å². The maximum atomic E-state index is 11.0. The standard InChI is InChI=1S/C10H8O7S2.2Na/c11-8-4-6-2-1-3-9(18(12,13)14)7(6)5-10(8)19(15,16)17;;/h1-5,11H,(H,12,13,14)(H,15,16,17);;/q;2*+1/p-2. The van der Waals surface area contributed by atoms with E-state index >= 15 is 0 Å². The van der Waals surface area contributed by atoms with Crippen molar-refractivity contribution >= 4 is 31.0 Å². The third-order valence-electron chi connectivity index (χ3n) is 2.46. The van der Waals surface area contributed by atoms with Crippen LogP contribution in [0.2, 0.25) is 0 Å². The summed E-state index contributed by atoms with van der Waals surface area (Å²) in [6.07, 6.45) is 0. The molecule has 0 spiro atoms. The van der Waals surface area contributed by atoms with E-state index in [1.165, 1.54) is 12.1 Å². The molecule has 2 aromatic rings. The second-order valence-corrected chi connectivity index (χ2v) is 6.40. The van der Waals surface area contributed by atoms with Crippen LogP contribution in [0.3, 0.4) is 0 Å². The number of phenols is 1.